The first-order chi connectivity index (χ1) is 11.2. The summed E-state index contributed by atoms with van der Waals surface area (Å²) in [6.07, 6.45) is 0.505. The summed E-state index contributed by atoms with van der Waals surface area (Å²) >= 11 is 0. The third kappa shape index (κ3) is 4.10. The van der Waals surface area contributed by atoms with Gasteiger partial charge in [0, 0.05) is 6.54 Å². The standard InChI is InChI=1S/C17H22FN3O3/c1-11(2)8-17(3)15(23)21(16(24)20-17)10-14(22)19-9-12-4-6-13(18)7-5-12/h4-7,11H,8-10H2,1-3H3,(H,19,22)(H,20,24)/t17-/m1/s1. The van der Waals surface area contributed by atoms with E-state index < -0.39 is 23.4 Å². The smallest absolute Gasteiger partial charge is 0.325 e. The van der Waals surface area contributed by atoms with Crippen molar-refractivity contribution in [3.8, 4) is 0 Å². The summed E-state index contributed by atoms with van der Waals surface area (Å²) in [5, 5.41) is 5.28. The zero-order chi connectivity index (χ0) is 17.9. The monoisotopic (exact) mass is 335 g/mol. The van der Waals surface area contributed by atoms with E-state index in [4.69, 9.17) is 0 Å². The molecule has 1 aromatic rings. The maximum Gasteiger partial charge on any atom is 0.325 e. The van der Waals surface area contributed by atoms with Crippen LogP contribution in [0.5, 0.6) is 0 Å². The van der Waals surface area contributed by atoms with Gasteiger partial charge in [-0.25, -0.2) is 9.18 Å². The molecule has 24 heavy (non-hydrogen) atoms. The predicted molar refractivity (Wildman–Crippen MR) is 86.4 cm³/mol. The number of halogens is 1. The van der Waals surface area contributed by atoms with Gasteiger partial charge in [0.15, 0.2) is 0 Å². The Morgan fingerprint density at radius 2 is 1.92 bits per heavy atom. The molecule has 7 heteroatoms. The Hall–Kier alpha value is -2.44. The number of carbonyl (C=O) groups is 3. The molecule has 4 amide bonds. The molecule has 2 N–H and O–H groups in total. The van der Waals surface area contributed by atoms with Gasteiger partial charge in [-0.15, -0.1) is 0 Å². The van der Waals surface area contributed by atoms with E-state index >= 15 is 0 Å². The summed E-state index contributed by atoms with van der Waals surface area (Å²) in [5.41, 5.74) is -0.241. The molecule has 1 atom stereocenters. The van der Waals surface area contributed by atoms with Crippen molar-refractivity contribution in [1.82, 2.24) is 15.5 Å². The fourth-order valence-electron chi connectivity index (χ4n) is 2.85. The van der Waals surface area contributed by atoms with Gasteiger partial charge in [-0.1, -0.05) is 26.0 Å². The average Bonchev–Trinajstić information content (AvgIpc) is 2.69. The molecule has 0 unspecified atom stereocenters. The molecule has 0 saturated carbocycles. The van der Waals surface area contributed by atoms with Crippen molar-refractivity contribution in [2.75, 3.05) is 6.54 Å². The van der Waals surface area contributed by atoms with E-state index in [-0.39, 0.29) is 24.8 Å². The van der Waals surface area contributed by atoms with Gasteiger partial charge in [-0.3, -0.25) is 14.5 Å². The highest BCUT2D eigenvalue weighted by Gasteiger charge is 2.48. The Morgan fingerprint density at radius 3 is 2.50 bits per heavy atom. The first kappa shape index (κ1) is 17.9. The SMILES string of the molecule is CC(C)C[C@@]1(C)NC(=O)N(CC(=O)NCc2ccc(F)cc2)C1=O. The molecule has 0 radical (unpaired) electrons. The Labute approximate surface area is 140 Å². The number of benzene rings is 1. The summed E-state index contributed by atoms with van der Waals surface area (Å²) in [4.78, 5) is 37.4. The Balaban J connectivity index is 1.92. The highest BCUT2D eigenvalue weighted by molar-refractivity contribution is 6.08. The van der Waals surface area contributed by atoms with Crippen LogP contribution in [0.4, 0.5) is 9.18 Å². The lowest BCUT2D eigenvalue weighted by Gasteiger charge is -2.23. The van der Waals surface area contributed by atoms with Gasteiger partial charge in [0.25, 0.3) is 5.91 Å². The van der Waals surface area contributed by atoms with Gasteiger partial charge in [0.1, 0.15) is 17.9 Å². The van der Waals surface area contributed by atoms with Gasteiger partial charge < -0.3 is 10.6 Å². The number of urea groups is 1. The van der Waals surface area contributed by atoms with Crippen molar-refractivity contribution in [2.24, 2.45) is 5.92 Å². The molecule has 0 aliphatic carbocycles. The van der Waals surface area contributed by atoms with Gasteiger partial charge in [-0.05, 0) is 37.0 Å². The van der Waals surface area contributed by atoms with Crippen LogP contribution in [0.25, 0.3) is 0 Å². The summed E-state index contributed by atoms with van der Waals surface area (Å²) in [7, 11) is 0. The minimum Gasteiger partial charge on any atom is -0.350 e. The van der Waals surface area contributed by atoms with Crippen LogP contribution in [-0.4, -0.2) is 34.8 Å². The maximum atomic E-state index is 12.8. The van der Waals surface area contributed by atoms with Crippen LogP contribution < -0.4 is 10.6 Å². The summed E-state index contributed by atoms with van der Waals surface area (Å²) in [5.74, 6) is -0.963. The predicted octanol–water partition coefficient (Wildman–Crippen LogP) is 1.80. The molecule has 130 valence electrons. The van der Waals surface area contributed by atoms with Crippen LogP contribution >= 0.6 is 0 Å². The first-order valence-electron chi connectivity index (χ1n) is 7.86. The van der Waals surface area contributed by atoms with Crippen molar-refractivity contribution in [3.63, 3.8) is 0 Å². The highest BCUT2D eigenvalue weighted by atomic mass is 19.1. The van der Waals surface area contributed by atoms with Gasteiger partial charge >= 0.3 is 6.03 Å². The highest BCUT2D eigenvalue weighted by Crippen LogP contribution is 2.24. The topological polar surface area (TPSA) is 78.5 Å². The molecule has 0 bridgehead atoms. The quantitative estimate of drug-likeness (QED) is 0.778. The number of amides is 4. The van der Waals surface area contributed by atoms with Crippen molar-refractivity contribution in [1.29, 1.82) is 0 Å². The molecule has 1 saturated heterocycles. The van der Waals surface area contributed by atoms with Crippen LogP contribution in [0, 0.1) is 11.7 Å². The molecule has 1 aliphatic rings. The van der Waals surface area contributed by atoms with E-state index in [0.29, 0.717) is 6.42 Å². The number of imide groups is 1. The van der Waals surface area contributed by atoms with E-state index in [1.165, 1.54) is 12.1 Å². The van der Waals surface area contributed by atoms with E-state index in [2.05, 4.69) is 10.6 Å². The van der Waals surface area contributed by atoms with E-state index in [1.807, 2.05) is 13.8 Å². The van der Waals surface area contributed by atoms with E-state index in [0.717, 1.165) is 10.5 Å². The summed E-state index contributed by atoms with van der Waals surface area (Å²) in [6, 6.07) is 5.17. The number of hydrogen-bond acceptors (Lipinski definition) is 3. The van der Waals surface area contributed by atoms with Crippen LogP contribution in [0.1, 0.15) is 32.8 Å². The lowest BCUT2D eigenvalue weighted by atomic mass is 9.91. The van der Waals surface area contributed by atoms with E-state index in [1.54, 1.807) is 19.1 Å². The molecule has 6 nitrogen and oxygen atoms in total. The average molecular weight is 335 g/mol. The molecular weight excluding hydrogens is 313 g/mol. The fraction of sp³-hybridized carbons (Fsp3) is 0.471. The summed E-state index contributed by atoms with van der Waals surface area (Å²) in [6.45, 7) is 5.46. The van der Waals surface area contributed by atoms with Crippen LogP contribution in [0.15, 0.2) is 24.3 Å². The van der Waals surface area contributed by atoms with Gasteiger partial charge in [0.05, 0.1) is 0 Å². The Morgan fingerprint density at radius 1 is 1.29 bits per heavy atom. The van der Waals surface area contributed by atoms with E-state index in [9.17, 15) is 18.8 Å². The number of rotatable bonds is 6. The second kappa shape index (κ2) is 6.98. The largest absolute Gasteiger partial charge is 0.350 e. The van der Waals surface area contributed by atoms with Crippen molar-refractivity contribution < 1.29 is 18.8 Å². The molecule has 1 heterocycles. The third-order valence-electron chi connectivity index (χ3n) is 3.87. The molecule has 1 fully saturated rings. The second-order valence-corrected chi connectivity index (χ2v) is 6.65. The zero-order valence-electron chi connectivity index (χ0n) is 14.1. The molecule has 1 aliphatic heterocycles. The maximum absolute atomic E-state index is 12.8. The molecule has 1 aromatic carbocycles. The molecule has 0 aromatic heterocycles. The third-order valence-corrected chi connectivity index (χ3v) is 3.87. The van der Waals surface area contributed by atoms with Gasteiger partial charge in [0.2, 0.25) is 5.91 Å². The number of hydrogen-bond donors (Lipinski definition) is 2. The van der Waals surface area contributed by atoms with Crippen molar-refractivity contribution >= 4 is 17.8 Å². The molecular formula is C17H22FN3O3. The lowest BCUT2D eigenvalue weighted by molar-refractivity contribution is -0.135. The number of carbonyl (C=O) groups excluding carboxylic acids is 3. The molecule has 0 spiro atoms. The minimum absolute atomic E-state index is 0.200. The Bertz CT molecular complexity index is 645. The van der Waals surface area contributed by atoms with Crippen LogP contribution in [0.3, 0.4) is 0 Å². The van der Waals surface area contributed by atoms with Gasteiger partial charge in [-0.2, -0.15) is 0 Å². The van der Waals surface area contributed by atoms with Crippen molar-refractivity contribution in [3.05, 3.63) is 35.6 Å². The van der Waals surface area contributed by atoms with Crippen molar-refractivity contribution in [2.45, 2.75) is 39.3 Å². The molecule has 2 rings (SSSR count). The Kier molecular flexibility index (Phi) is 5.21. The van der Waals surface area contributed by atoms with Crippen LogP contribution in [-0.2, 0) is 16.1 Å². The second-order valence-electron chi connectivity index (χ2n) is 6.65. The number of nitrogens with zero attached hydrogens (tertiary/aromatic N) is 1. The normalized spacial score (nSPS) is 20.5. The number of nitrogens with one attached hydrogen (secondary N) is 2. The first-order valence-corrected chi connectivity index (χ1v) is 7.86. The fourth-order valence-corrected chi connectivity index (χ4v) is 2.85. The van der Waals surface area contributed by atoms with Crippen LogP contribution in [0.2, 0.25) is 0 Å². The zero-order valence-corrected chi connectivity index (χ0v) is 14.1. The summed E-state index contributed by atoms with van der Waals surface area (Å²) < 4.78 is 12.8. The lowest BCUT2D eigenvalue weighted by Crippen LogP contribution is -2.46. The minimum atomic E-state index is -0.970.